The Morgan fingerprint density at radius 1 is 1.06 bits per heavy atom. The number of benzene rings is 3. The number of amides is 2. The molecule has 0 atom stereocenters. The Balaban J connectivity index is 1.57. The fraction of sp³-hybridized carbons (Fsp3) is 0.0833. The van der Waals surface area contributed by atoms with Crippen LogP contribution in [-0.4, -0.2) is 16.0 Å². The molecule has 9 heteroatoms. The molecule has 1 saturated heterocycles. The molecule has 168 valence electrons. The average Bonchev–Trinajstić information content (AvgIpc) is 3.02. The number of hydrogen-bond donors (Lipinski definition) is 0. The summed E-state index contributed by atoms with van der Waals surface area (Å²) in [5.41, 5.74) is 1.54. The van der Waals surface area contributed by atoms with Gasteiger partial charge in [0.2, 0.25) is 0 Å². The number of thioether (sulfide) groups is 1. The summed E-state index contributed by atoms with van der Waals surface area (Å²) in [7, 11) is 0. The molecule has 3 aromatic rings. The highest BCUT2D eigenvalue weighted by Gasteiger charge is 2.35. The molecule has 0 aromatic heterocycles. The van der Waals surface area contributed by atoms with Crippen molar-refractivity contribution in [1.82, 2.24) is 4.90 Å². The second-order valence-corrected chi connectivity index (χ2v) is 9.82. The summed E-state index contributed by atoms with van der Waals surface area (Å²) in [5.74, 6) is -0.462. The van der Waals surface area contributed by atoms with Gasteiger partial charge in [0.15, 0.2) is 0 Å². The third kappa shape index (κ3) is 5.61. The summed E-state index contributed by atoms with van der Waals surface area (Å²) in [6.07, 6.45) is 1.59. The summed E-state index contributed by atoms with van der Waals surface area (Å²) in [6.45, 7) is 0.0282. The van der Waals surface area contributed by atoms with E-state index in [1.54, 1.807) is 54.6 Å². The molecule has 0 bridgehead atoms. The van der Waals surface area contributed by atoms with Gasteiger partial charge in [0.1, 0.15) is 18.2 Å². The van der Waals surface area contributed by atoms with Crippen LogP contribution >= 0.6 is 50.9 Å². The quantitative estimate of drug-likeness (QED) is 0.287. The van der Waals surface area contributed by atoms with E-state index in [9.17, 15) is 14.0 Å². The number of imide groups is 1. The first-order valence-corrected chi connectivity index (χ1v) is 12.0. The molecule has 0 saturated carbocycles. The van der Waals surface area contributed by atoms with Crippen molar-refractivity contribution in [3.05, 3.63) is 103 Å². The van der Waals surface area contributed by atoms with Crippen LogP contribution in [-0.2, 0) is 17.9 Å². The van der Waals surface area contributed by atoms with Gasteiger partial charge in [-0.05, 0) is 65.9 Å². The van der Waals surface area contributed by atoms with Gasteiger partial charge in [0.25, 0.3) is 11.1 Å². The Morgan fingerprint density at radius 2 is 1.85 bits per heavy atom. The Labute approximate surface area is 212 Å². The minimum Gasteiger partial charge on any atom is -0.488 e. The number of carbonyl (C=O) groups excluding carboxylic acids is 2. The van der Waals surface area contributed by atoms with Crippen LogP contribution in [0.25, 0.3) is 6.08 Å². The first kappa shape index (κ1) is 23.8. The van der Waals surface area contributed by atoms with Gasteiger partial charge < -0.3 is 4.74 Å². The molecule has 1 heterocycles. The lowest BCUT2D eigenvalue weighted by Crippen LogP contribution is -2.27. The number of halogens is 4. The van der Waals surface area contributed by atoms with Crippen molar-refractivity contribution in [2.45, 2.75) is 13.2 Å². The predicted octanol–water partition coefficient (Wildman–Crippen LogP) is 7.71. The lowest BCUT2D eigenvalue weighted by atomic mass is 10.1. The summed E-state index contributed by atoms with van der Waals surface area (Å²) >= 11 is 16.4. The Kier molecular flexibility index (Phi) is 7.44. The second kappa shape index (κ2) is 10.3. The number of ether oxygens (including phenoxy) is 1. The third-order valence-corrected chi connectivity index (χ3v) is 6.79. The van der Waals surface area contributed by atoms with Crippen LogP contribution in [0.4, 0.5) is 9.18 Å². The van der Waals surface area contributed by atoms with Crippen LogP contribution in [0.1, 0.15) is 16.7 Å². The number of rotatable bonds is 6. The van der Waals surface area contributed by atoms with Crippen molar-refractivity contribution >= 4 is 68.1 Å². The fourth-order valence-electron chi connectivity index (χ4n) is 3.18. The highest BCUT2D eigenvalue weighted by atomic mass is 79.9. The molecule has 4 nitrogen and oxygen atoms in total. The molecule has 1 aliphatic heterocycles. The molecule has 0 unspecified atom stereocenters. The SMILES string of the molecule is O=C1S/C(=C\c2cc(Br)ccc2OCc2c(F)cccc2Cl)C(=O)N1Cc1cccc(Cl)c1. The van der Waals surface area contributed by atoms with Crippen molar-refractivity contribution in [2.24, 2.45) is 0 Å². The summed E-state index contributed by atoms with van der Waals surface area (Å²) in [5, 5.41) is 0.415. The van der Waals surface area contributed by atoms with Gasteiger partial charge in [-0.3, -0.25) is 14.5 Å². The highest BCUT2D eigenvalue weighted by molar-refractivity contribution is 9.10. The normalized spacial score (nSPS) is 14.9. The van der Waals surface area contributed by atoms with Crippen molar-refractivity contribution in [1.29, 1.82) is 0 Å². The van der Waals surface area contributed by atoms with Gasteiger partial charge in [0, 0.05) is 20.6 Å². The minimum atomic E-state index is -0.469. The molecule has 33 heavy (non-hydrogen) atoms. The predicted molar refractivity (Wildman–Crippen MR) is 133 cm³/mol. The van der Waals surface area contributed by atoms with Crippen molar-refractivity contribution in [3.63, 3.8) is 0 Å². The number of hydrogen-bond acceptors (Lipinski definition) is 4. The number of nitrogens with zero attached hydrogens (tertiary/aromatic N) is 1. The van der Waals surface area contributed by atoms with Gasteiger partial charge in [-0.25, -0.2) is 4.39 Å². The first-order valence-electron chi connectivity index (χ1n) is 9.67. The zero-order valence-corrected chi connectivity index (χ0v) is 20.8. The van der Waals surface area contributed by atoms with E-state index in [1.807, 2.05) is 0 Å². The maximum atomic E-state index is 14.1. The molecule has 3 aromatic carbocycles. The molecular weight excluding hydrogens is 552 g/mol. The lowest BCUT2D eigenvalue weighted by Gasteiger charge is -2.13. The third-order valence-electron chi connectivity index (χ3n) is 4.80. The van der Waals surface area contributed by atoms with E-state index in [2.05, 4.69) is 15.9 Å². The van der Waals surface area contributed by atoms with E-state index < -0.39 is 11.7 Å². The standard InChI is InChI=1S/C24H15BrCl2FNO3S/c25-16-7-8-21(32-13-18-19(27)5-2-6-20(18)28)15(10-16)11-22-23(30)29(24(31)33-22)12-14-3-1-4-17(26)9-14/h1-11H,12-13H2/b22-11-. The van der Waals surface area contributed by atoms with Crippen LogP contribution < -0.4 is 4.74 Å². The van der Waals surface area contributed by atoms with Crippen molar-refractivity contribution in [2.75, 3.05) is 0 Å². The summed E-state index contributed by atoms with van der Waals surface area (Å²) in [4.78, 5) is 26.9. The van der Waals surface area contributed by atoms with E-state index in [1.165, 1.54) is 17.0 Å². The van der Waals surface area contributed by atoms with Gasteiger partial charge in [-0.15, -0.1) is 0 Å². The average molecular weight is 567 g/mol. The maximum absolute atomic E-state index is 14.1. The van der Waals surface area contributed by atoms with Crippen LogP contribution in [0.3, 0.4) is 0 Å². The van der Waals surface area contributed by atoms with E-state index in [0.29, 0.717) is 16.3 Å². The summed E-state index contributed by atoms with van der Waals surface area (Å²) in [6, 6.07) is 16.6. The van der Waals surface area contributed by atoms with Crippen LogP contribution in [0.5, 0.6) is 5.75 Å². The molecule has 1 fully saturated rings. The smallest absolute Gasteiger partial charge is 0.293 e. The monoisotopic (exact) mass is 565 g/mol. The molecule has 1 aliphatic rings. The number of carbonyl (C=O) groups is 2. The fourth-order valence-corrected chi connectivity index (χ4v) is 4.82. The van der Waals surface area contributed by atoms with Gasteiger partial charge >= 0.3 is 0 Å². The maximum Gasteiger partial charge on any atom is 0.293 e. The Hall–Kier alpha value is -2.32. The molecule has 0 N–H and O–H groups in total. The largest absolute Gasteiger partial charge is 0.488 e. The van der Waals surface area contributed by atoms with E-state index in [0.717, 1.165) is 21.8 Å². The van der Waals surface area contributed by atoms with Crippen molar-refractivity contribution in [3.8, 4) is 5.75 Å². The van der Waals surface area contributed by atoms with Crippen LogP contribution in [0.2, 0.25) is 10.0 Å². The highest BCUT2D eigenvalue weighted by Crippen LogP contribution is 2.36. The zero-order chi connectivity index (χ0) is 23.5. The van der Waals surface area contributed by atoms with E-state index >= 15 is 0 Å². The lowest BCUT2D eigenvalue weighted by molar-refractivity contribution is -0.123. The first-order chi connectivity index (χ1) is 15.8. The molecule has 0 radical (unpaired) electrons. The molecule has 0 spiro atoms. The Bertz CT molecular complexity index is 1260. The zero-order valence-electron chi connectivity index (χ0n) is 16.9. The molecular formula is C24H15BrCl2FNO3S. The van der Waals surface area contributed by atoms with Crippen LogP contribution in [0.15, 0.2) is 70.0 Å². The summed E-state index contributed by atoms with van der Waals surface area (Å²) < 4.78 is 20.7. The minimum absolute atomic E-state index is 0.0930. The molecule has 0 aliphatic carbocycles. The van der Waals surface area contributed by atoms with Gasteiger partial charge in [-0.2, -0.15) is 0 Å². The second-order valence-electron chi connectivity index (χ2n) is 7.07. The van der Waals surface area contributed by atoms with Crippen LogP contribution in [0, 0.1) is 5.82 Å². The van der Waals surface area contributed by atoms with Gasteiger partial charge in [-0.1, -0.05) is 57.3 Å². The molecule has 4 rings (SSSR count). The van der Waals surface area contributed by atoms with Crippen molar-refractivity contribution < 1.29 is 18.7 Å². The van der Waals surface area contributed by atoms with Gasteiger partial charge in [0.05, 0.1) is 16.5 Å². The Morgan fingerprint density at radius 3 is 2.61 bits per heavy atom. The molecule has 2 amide bonds. The topological polar surface area (TPSA) is 46.6 Å². The van der Waals surface area contributed by atoms with E-state index in [4.69, 9.17) is 27.9 Å². The van der Waals surface area contributed by atoms with E-state index in [-0.39, 0.29) is 33.9 Å².